The highest BCUT2D eigenvalue weighted by Gasteiger charge is 2.31. The fourth-order valence-corrected chi connectivity index (χ4v) is 1.79. The van der Waals surface area contributed by atoms with Crippen LogP contribution in [-0.2, 0) is 29.2 Å². The van der Waals surface area contributed by atoms with Gasteiger partial charge in [-0.05, 0) is 20.8 Å². The van der Waals surface area contributed by atoms with E-state index in [1.807, 2.05) is 0 Å². The summed E-state index contributed by atoms with van der Waals surface area (Å²) < 4.78 is 6.55. The van der Waals surface area contributed by atoms with E-state index in [-0.39, 0.29) is 13.1 Å². The molecule has 8 heteroatoms. The van der Waals surface area contributed by atoms with Crippen molar-refractivity contribution in [3.8, 4) is 0 Å². The molecule has 0 unspecified atom stereocenters. The maximum absolute atomic E-state index is 11.9. The van der Waals surface area contributed by atoms with Gasteiger partial charge in [0.15, 0.2) is 0 Å². The van der Waals surface area contributed by atoms with Gasteiger partial charge < -0.3 is 9.84 Å². The quantitative estimate of drug-likeness (QED) is 0.844. The second-order valence-corrected chi connectivity index (χ2v) is 5.37. The molecular formula is C11H16N4O4. The first-order valence-corrected chi connectivity index (χ1v) is 5.87. The fourth-order valence-electron chi connectivity index (χ4n) is 1.79. The topological polar surface area (TPSA) is 97.5 Å². The molecule has 0 atom stereocenters. The Morgan fingerprint density at radius 3 is 2.63 bits per heavy atom. The summed E-state index contributed by atoms with van der Waals surface area (Å²) in [6.45, 7) is 5.68. The summed E-state index contributed by atoms with van der Waals surface area (Å²) in [6, 6.07) is 0. The predicted molar refractivity (Wildman–Crippen MR) is 63.1 cm³/mol. The Kier molecular flexibility index (Phi) is 3.17. The van der Waals surface area contributed by atoms with Gasteiger partial charge in [0.1, 0.15) is 17.8 Å². The van der Waals surface area contributed by atoms with Crippen LogP contribution in [0, 0.1) is 0 Å². The number of rotatable bonds is 2. The molecule has 0 saturated heterocycles. The Bertz CT molecular complexity index is 517. The fraction of sp³-hybridized carbons (Fsp3) is 0.636. The van der Waals surface area contributed by atoms with Crippen LogP contribution in [-0.4, -0.2) is 42.7 Å². The molecule has 104 valence electrons. The van der Waals surface area contributed by atoms with Crippen LogP contribution in [0.5, 0.6) is 0 Å². The largest absolute Gasteiger partial charge is 0.480 e. The van der Waals surface area contributed by atoms with E-state index in [9.17, 15) is 9.59 Å². The summed E-state index contributed by atoms with van der Waals surface area (Å²) >= 11 is 0. The van der Waals surface area contributed by atoms with E-state index in [1.54, 1.807) is 20.8 Å². The Morgan fingerprint density at radius 2 is 2.05 bits per heavy atom. The number of fused-ring (bicyclic) bond motifs is 1. The molecule has 1 aromatic heterocycles. The second-order valence-electron chi connectivity index (χ2n) is 5.37. The molecule has 1 N–H and O–H groups in total. The molecule has 0 spiro atoms. The number of carbonyl (C=O) groups excluding carboxylic acids is 1. The molecule has 0 aliphatic carbocycles. The van der Waals surface area contributed by atoms with E-state index in [0.717, 1.165) is 0 Å². The number of carboxylic acid groups (broad SMARTS) is 1. The smallest absolute Gasteiger partial charge is 0.411 e. The summed E-state index contributed by atoms with van der Waals surface area (Å²) in [5.41, 5.74) is 0.701. The van der Waals surface area contributed by atoms with E-state index in [2.05, 4.69) is 10.3 Å². The number of aliphatic carboxylic acids is 1. The van der Waals surface area contributed by atoms with Crippen molar-refractivity contribution in [1.82, 2.24) is 19.9 Å². The molecule has 0 aromatic carbocycles. The first kappa shape index (κ1) is 13.3. The average Bonchev–Trinajstić information content (AvgIpc) is 2.77. The maximum Gasteiger partial charge on any atom is 0.411 e. The molecule has 0 fully saturated rings. The van der Waals surface area contributed by atoms with Gasteiger partial charge >= 0.3 is 12.1 Å². The van der Waals surface area contributed by atoms with Gasteiger partial charge in [-0.1, -0.05) is 5.21 Å². The van der Waals surface area contributed by atoms with Crippen molar-refractivity contribution in [2.45, 2.75) is 46.0 Å². The van der Waals surface area contributed by atoms with Gasteiger partial charge in [0, 0.05) is 0 Å². The third kappa shape index (κ3) is 3.01. The second kappa shape index (κ2) is 4.52. The number of carboxylic acids is 1. The van der Waals surface area contributed by atoms with Crippen molar-refractivity contribution >= 4 is 12.1 Å². The van der Waals surface area contributed by atoms with Crippen LogP contribution in [0.4, 0.5) is 4.79 Å². The Balaban J connectivity index is 2.06. The molecule has 1 amide bonds. The number of carbonyl (C=O) groups is 2. The number of amides is 1. The summed E-state index contributed by atoms with van der Waals surface area (Å²) in [5, 5.41) is 16.4. The van der Waals surface area contributed by atoms with E-state index in [0.29, 0.717) is 17.9 Å². The normalized spacial score (nSPS) is 14.4. The molecule has 1 aliphatic heterocycles. The van der Waals surface area contributed by atoms with Gasteiger partial charge in [0.05, 0.1) is 18.8 Å². The third-order valence-electron chi connectivity index (χ3n) is 2.54. The van der Waals surface area contributed by atoms with Crippen molar-refractivity contribution in [2.75, 3.05) is 0 Å². The van der Waals surface area contributed by atoms with Crippen LogP contribution in [0.15, 0.2) is 0 Å². The zero-order chi connectivity index (χ0) is 14.2. The Labute approximate surface area is 109 Å². The molecular weight excluding hydrogens is 252 g/mol. The number of hydrogen-bond donors (Lipinski definition) is 1. The standard InChI is InChI=1S/C11H16N4O4/c1-11(2,3)19-10(18)14-4-7-8(5-14)15(13-12-7)6-9(16)17/h4-6H2,1-3H3,(H,16,17). The molecule has 1 aliphatic rings. The van der Waals surface area contributed by atoms with E-state index >= 15 is 0 Å². The highest BCUT2D eigenvalue weighted by molar-refractivity contribution is 5.69. The molecule has 1 aromatic rings. The minimum Gasteiger partial charge on any atom is -0.480 e. The summed E-state index contributed by atoms with van der Waals surface area (Å²) in [6.07, 6.45) is -0.438. The van der Waals surface area contributed by atoms with Crippen molar-refractivity contribution in [2.24, 2.45) is 0 Å². The molecule has 8 nitrogen and oxygen atoms in total. The average molecular weight is 268 g/mol. The van der Waals surface area contributed by atoms with Gasteiger partial charge in [-0.15, -0.1) is 5.10 Å². The van der Waals surface area contributed by atoms with Crippen LogP contribution in [0.2, 0.25) is 0 Å². The monoisotopic (exact) mass is 268 g/mol. The maximum atomic E-state index is 11.9. The van der Waals surface area contributed by atoms with Gasteiger partial charge in [-0.3, -0.25) is 9.69 Å². The van der Waals surface area contributed by atoms with Crippen LogP contribution >= 0.6 is 0 Å². The lowest BCUT2D eigenvalue weighted by Gasteiger charge is -2.24. The highest BCUT2D eigenvalue weighted by Crippen LogP contribution is 2.22. The lowest BCUT2D eigenvalue weighted by Crippen LogP contribution is -2.34. The van der Waals surface area contributed by atoms with Crippen LogP contribution in [0.3, 0.4) is 0 Å². The Hall–Kier alpha value is -2.12. The number of nitrogens with zero attached hydrogens (tertiary/aromatic N) is 4. The van der Waals surface area contributed by atoms with Crippen LogP contribution in [0.1, 0.15) is 32.2 Å². The number of ether oxygens (including phenoxy) is 1. The molecule has 2 rings (SSSR count). The van der Waals surface area contributed by atoms with Crippen molar-refractivity contribution in [3.05, 3.63) is 11.4 Å². The van der Waals surface area contributed by atoms with Crippen LogP contribution < -0.4 is 0 Å². The zero-order valence-electron chi connectivity index (χ0n) is 11.1. The molecule has 2 heterocycles. The van der Waals surface area contributed by atoms with E-state index in [4.69, 9.17) is 9.84 Å². The number of hydrogen-bond acceptors (Lipinski definition) is 5. The zero-order valence-corrected chi connectivity index (χ0v) is 11.1. The van der Waals surface area contributed by atoms with Gasteiger partial charge in [-0.2, -0.15) is 0 Å². The van der Waals surface area contributed by atoms with E-state index < -0.39 is 17.7 Å². The lowest BCUT2D eigenvalue weighted by atomic mass is 10.2. The third-order valence-corrected chi connectivity index (χ3v) is 2.54. The van der Waals surface area contributed by atoms with Crippen LogP contribution in [0.25, 0.3) is 0 Å². The summed E-state index contributed by atoms with van der Waals surface area (Å²) in [5.74, 6) is -0.997. The van der Waals surface area contributed by atoms with Crippen molar-refractivity contribution < 1.29 is 19.4 Å². The molecule has 19 heavy (non-hydrogen) atoms. The minimum absolute atomic E-state index is 0.259. The summed E-state index contributed by atoms with van der Waals surface area (Å²) in [7, 11) is 0. The molecule has 0 saturated carbocycles. The van der Waals surface area contributed by atoms with Crippen molar-refractivity contribution in [1.29, 1.82) is 0 Å². The molecule has 0 radical (unpaired) electrons. The number of aromatic nitrogens is 3. The molecule has 0 bridgehead atoms. The predicted octanol–water partition coefficient (Wildman–Crippen LogP) is 0.613. The summed E-state index contributed by atoms with van der Waals surface area (Å²) in [4.78, 5) is 24.0. The minimum atomic E-state index is -0.997. The Morgan fingerprint density at radius 1 is 1.37 bits per heavy atom. The first-order chi connectivity index (χ1) is 8.76. The van der Waals surface area contributed by atoms with Gasteiger partial charge in [0.25, 0.3) is 0 Å². The first-order valence-electron chi connectivity index (χ1n) is 5.87. The van der Waals surface area contributed by atoms with Crippen molar-refractivity contribution in [3.63, 3.8) is 0 Å². The van der Waals surface area contributed by atoms with Gasteiger partial charge in [-0.25, -0.2) is 9.48 Å². The SMILES string of the molecule is CC(C)(C)OC(=O)N1Cc2nnn(CC(=O)O)c2C1. The van der Waals surface area contributed by atoms with E-state index in [1.165, 1.54) is 9.58 Å². The van der Waals surface area contributed by atoms with Gasteiger partial charge in [0.2, 0.25) is 0 Å². The lowest BCUT2D eigenvalue weighted by molar-refractivity contribution is -0.138. The highest BCUT2D eigenvalue weighted by atomic mass is 16.6.